The number of Topliss-reactive ketones (excluding diaryl/α,β-unsaturated/α-hetero) is 1. The first-order valence-electron chi connectivity index (χ1n) is 8.75. The van der Waals surface area contributed by atoms with Crippen LogP contribution in [0.2, 0.25) is 0 Å². The third kappa shape index (κ3) is 6.29. The van der Waals surface area contributed by atoms with Gasteiger partial charge in [0, 0.05) is 12.8 Å². The van der Waals surface area contributed by atoms with Gasteiger partial charge >= 0.3 is 17.9 Å². The van der Waals surface area contributed by atoms with Gasteiger partial charge in [-0.15, -0.1) is 0 Å². The fourth-order valence-electron chi connectivity index (χ4n) is 2.39. The van der Waals surface area contributed by atoms with E-state index in [4.69, 9.17) is 4.18 Å². The standard InChI is InChI=1S/C17H16F5N3O6S/c1-11-2-4-13(5-3-11)32(29,30)31-10-15-23-14(25(27)28)9-24(15)8-12(26)6-7-16(18,19)17(20,21)22/h2-5,9H,6-8,10H2,1H3. The Bertz CT molecular complexity index is 1100. The van der Waals surface area contributed by atoms with E-state index in [1.165, 1.54) is 24.3 Å². The van der Waals surface area contributed by atoms with Crippen LogP contribution >= 0.6 is 0 Å². The number of imidazole rings is 1. The first-order chi connectivity index (χ1) is 14.6. The molecule has 15 heteroatoms. The van der Waals surface area contributed by atoms with Crippen LogP contribution in [0.15, 0.2) is 35.4 Å². The summed E-state index contributed by atoms with van der Waals surface area (Å²) in [4.78, 5) is 25.2. The highest BCUT2D eigenvalue weighted by atomic mass is 32.2. The maximum absolute atomic E-state index is 13.0. The second-order valence-corrected chi connectivity index (χ2v) is 8.29. The van der Waals surface area contributed by atoms with E-state index < -0.39 is 70.6 Å². The Kier molecular flexibility index (Phi) is 7.34. The fourth-order valence-corrected chi connectivity index (χ4v) is 3.26. The third-order valence-corrected chi connectivity index (χ3v) is 5.44. The van der Waals surface area contributed by atoms with E-state index in [0.29, 0.717) is 0 Å². The molecule has 1 aromatic carbocycles. The number of aryl methyl sites for hydroxylation is 1. The van der Waals surface area contributed by atoms with Gasteiger partial charge in [0.2, 0.25) is 0 Å². The Morgan fingerprint density at radius 2 is 1.78 bits per heavy atom. The number of ketones is 1. The molecule has 0 radical (unpaired) electrons. The Morgan fingerprint density at radius 1 is 1.19 bits per heavy atom. The van der Waals surface area contributed by atoms with Crippen molar-refractivity contribution >= 4 is 21.7 Å². The number of nitrogens with zero attached hydrogens (tertiary/aromatic N) is 3. The van der Waals surface area contributed by atoms with E-state index in [1.54, 1.807) is 6.92 Å². The molecule has 2 aromatic rings. The summed E-state index contributed by atoms with van der Waals surface area (Å²) in [6.45, 7) is 0.0167. The van der Waals surface area contributed by atoms with Crippen LogP contribution in [0.1, 0.15) is 24.2 Å². The monoisotopic (exact) mass is 485 g/mol. The van der Waals surface area contributed by atoms with Crippen molar-refractivity contribution in [3.8, 4) is 0 Å². The van der Waals surface area contributed by atoms with E-state index in [1.807, 2.05) is 0 Å². The van der Waals surface area contributed by atoms with E-state index >= 15 is 0 Å². The van der Waals surface area contributed by atoms with Crippen molar-refractivity contribution in [2.24, 2.45) is 0 Å². The molecule has 32 heavy (non-hydrogen) atoms. The summed E-state index contributed by atoms with van der Waals surface area (Å²) in [6, 6.07) is 5.50. The van der Waals surface area contributed by atoms with Gasteiger partial charge in [0.05, 0.1) is 11.4 Å². The molecule has 0 amide bonds. The number of alkyl halides is 5. The summed E-state index contributed by atoms with van der Waals surface area (Å²) in [6.07, 6.45) is -8.10. The van der Waals surface area contributed by atoms with Gasteiger partial charge in [-0.1, -0.05) is 17.7 Å². The molecule has 0 atom stereocenters. The van der Waals surface area contributed by atoms with Crippen LogP contribution in [0.5, 0.6) is 0 Å². The van der Waals surface area contributed by atoms with Gasteiger partial charge in [-0.05, 0) is 29.0 Å². The maximum atomic E-state index is 13.0. The third-order valence-electron chi connectivity index (χ3n) is 4.17. The van der Waals surface area contributed by atoms with Gasteiger partial charge < -0.3 is 10.1 Å². The molecule has 0 spiro atoms. The summed E-state index contributed by atoms with van der Waals surface area (Å²) < 4.78 is 92.7. The number of carbonyl (C=O) groups is 1. The lowest BCUT2D eigenvalue weighted by atomic mass is 10.1. The SMILES string of the molecule is Cc1ccc(S(=O)(=O)OCc2nc([N+](=O)[O-])cn2CC(=O)CCC(F)(F)C(F)(F)F)cc1. The number of aromatic nitrogens is 2. The summed E-state index contributed by atoms with van der Waals surface area (Å²) in [7, 11) is -4.31. The van der Waals surface area contributed by atoms with Crippen molar-refractivity contribution in [1.29, 1.82) is 0 Å². The molecular weight excluding hydrogens is 469 g/mol. The second kappa shape index (κ2) is 9.28. The first kappa shape index (κ1) is 25.3. The number of halogens is 5. The lowest BCUT2D eigenvalue weighted by molar-refractivity contribution is -0.389. The fraction of sp³-hybridized carbons (Fsp3) is 0.412. The molecule has 0 aliphatic carbocycles. The van der Waals surface area contributed by atoms with Crippen LogP contribution in [-0.4, -0.2) is 40.8 Å². The van der Waals surface area contributed by atoms with Gasteiger partial charge in [-0.25, -0.2) is 0 Å². The summed E-state index contributed by atoms with van der Waals surface area (Å²) >= 11 is 0. The van der Waals surface area contributed by atoms with Crippen LogP contribution in [-0.2, 0) is 32.2 Å². The van der Waals surface area contributed by atoms with E-state index in [9.17, 15) is 45.3 Å². The highest BCUT2D eigenvalue weighted by Gasteiger charge is 2.56. The van der Waals surface area contributed by atoms with Crippen molar-refractivity contribution in [1.82, 2.24) is 9.55 Å². The predicted molar refractivity (Wildman–Crippen MR) is 97.3 cm³/mol. The van der Waals surface area contributed by atoms with Gasteiger partial charge in [-0.2, -0.15) is 30.4 Å². The zero-order valence-electron chi connectivity index (χ0n) is 16.3. The Morgan fingerprint density at radius 3 is 2.31 bits per heavy atom. The zero-order chi connectivity index (χ0) is 24.3. The molecule has 0 fully saturated rings. The summed E-state index contributed by atoms with van der Waals surface area (Å²) in [5.41, 5.74) is 0.768. The molecule has 0 N–H and O–H groups in total. The Hall–Kier alpha value is -2.94. The van der Waals surface area contributed by atoms with Crippen LogP contribution in [0.3, 0.4) is 0 Å². The minimum atomic E-state index is -5.83. The molecule has 0 saturated carbocycles. The average Bonchev–Trinajstić information content (AvgIpc) is 3.07. The van der Waals surface area contributed by atoms with Crippen molar-refractivity contribution in [2.75, 3.05) is 0 Å². The Labute approximate surface area is 178 Å². The first-order valence-corrected chi connectivity index (χ1v) is 10.2. The highest BCUT2D eigenvalue weighted by Crippen LogP contribution is 2.38. The maximum Gasteiger partial charge on any atom is 0.453 e. The zero-order valence-corrected chi connectivity index (χ0v) is 17.1. The molecule has 0 aliphatic heterocycles. The average molecular weight is 485 g/mol. The summed E-state index contributed by atoms with van der Waals surface area (Å²) in [5.74, 6) is -7.41. The number of benzene rings is 1. The molecule has 0 aliphatic rings. The largest absolute Gasteiger partial charge is 0.453 e. The van der Waals surface area contributed by atoms with E-state index in [2.05, 4.69) is 4.98 Å². The van der Waals surface area contributed by atoms with Crippen LogP contribution < -0.4 is 0 Å². The van der Waals surface area contributed by atoms with Crippen molar-refractivity contribution in [2.45, 2.75) is 49.9 Å². The molecule has 0 unspecified atom stereocenters. The van der Waals surface area contributed by atoms with E-state index in [-0.39, 0.29) is 4.90 Å². The van der Waals surface area contributed by atoms with Crippen molar-refractivity contribution in [3.05, 3.63) is 52.0 Å². The summed E-state index contributed by atoms with van der Waals surface area (Å²) in [5, 5.41) is 10.9. The molecule has 1 heterocycles. The minimum Gasteiger partial charge on any atom is -0.358 e. The molecule has 1 aromatic heterocycles. The number of nitro groups is 1. The molecule has 2 rings (SSSR count). The number of carbonyl (C=O) groups excluding carboxylic acids is 1. The van der Waals surface area contributed by atoms with Gasteiger partial charge in [0.1, 0.15) is 12.8 Å². The Balaban J connectivity index is 2.14. The second-order valence-electron chi connectivity index (χ2n) is 6.67. The van der Waals surface area contributed by atoms with Crippen molar-refractivity contribution in [3.63, 3.8) is 0 Å². The quantitative estimate of drug-likeness (QED) is 0.218. The number of rotatable bonds is 10. The van der Waals surface area contributed by atoms with Gasteiger partial charge in [0.15, 0.2) is 5.78 Å². The van der Waals surface area contributed by atoms with Crippen LogP contribution in [0.4, 0.5) is 27.8 Å². The van der Waals surface area contributed by atoms with Gasteiger partial charge in [-0.3, -0.25) is 13.5 Å². The normalized spacial score (nSPS) is 12.7. The predicted octanol–water partition coefficient (Wildman–Crippen LogP) is 3.55. The number of hydrogen-bond donors (Lipinski definition) is 0. The topological polar surface area (TPSA) is 121 Å². The lowest BCUT2D eigenvalue weighted by Gasteiger charge is -2.18. The molecule has 9 nitrogen and oxygen atoms in total. The van der Waals surface area contributed by atoms with Crippen LogP contribution in [0.25, 0.3) is 0 Å². The minimum absolute atomic E-state index is 0.221. The van der Waals surface area contributed by atoms with Crippen molar-refractivity contribution < 1.29 is 44.3 Å². The molecule has 0 saturated heterocycles. The molecule has 0 bridgehead atoms. The number of hydrogen-bond acceptors (Lipinski definition) is 7. The van der Waals surface area contributed by atoms with E-state index in [0.717, 1.165) is 16.3 Å². The van der Waals surface area contributed by atoms with Gasteiger partial charge in [0.25, 0.3) is 15.9 Å². The molecular formula is C17H16F5N3O6S. The highest BCUT2D eigenvalue weighted by molar-refractivity contribution is 7.86. The lowest BCUT2D eigenvalue weighted by Crippen LogP contribution is -2.36. The van der Waals surface area contributed by atoms with Crippen LogP contribution in [0, 0.1) is 17.0 Å². The molecule has 176 valence electrons. The smallest absolute Gasteiger partial charge is 0.358 e.